The average molecular weight is 457 g/mol. The lowest BCUT2D eigenvalue weighted by molar-refractivity contribution is 0.000871. The van der Waals surface area contributed by atoms with E-state index in [0.29, 0.717) is 31.3 Å². The molecule has 1 saturated heterocycles. The lowest BCUT2D eigenvalue weighted by Crippen LogP contribution is -2.48. The van der Waals surface area contributed by atoms with E-state index in [2.05, 4.69) is 39.4 Å². The Kier molecular flexibility index (Phi) is 8.00. The van der Waals surface area contributed by atoms with E-state index in [9.17, 15) is 5.11 Å². The number of methoxy groups -OCH3 is 2. The van der Waals surface area contributed by atoms with Crippen LogP contribution in [0.25, 0.3) is 10.1 Å². The highest BCUT2D eigenvalue weighted by Crippen LogP contribution is 2.28. The molecule has 0 aliphatic carbocycles. The molecule has 7 heteroatoms. The molecule has 32 heavy (non-hydrogen) atoms. The Morgan fingerprint density at radius 2 is 1.72 bits per heavy atom. The molecular formula is C25H32N2O4S. The van der Waals surface area contributed by atoms with E-state index in [4.69, 9.17) is 14.2 Å². The van der Waals surface area contributed by atoms with Gasteiger partial charge in [-0.3, -0.25) is 9.80 Å². The van der Waals surface area contributed by atoms with Gasteiger partial charge in [-0.15, -0.1) is 11.3 Å². The van der Waals surface area contributed by atoms with E-state index >= 15 is 0 Å². The number of β-amino-alcohol motifs (C(OH)–C–C–N with tert-alkyl or cyclic N) is 1. The fourth-order valence-corrected chi connectivity index (χ4v) is 5.11. The van der Waals surface area contributed by atoms with Gasteiger partial charge in [0.15, 0.2) is 11.5 Å². The second-order valence-electron chi connectivity index (χ2n) is 8.19. The Morgan fingerprint density at radius 1 is 0.969 bits per heavy atom. The molecule has 3 aromatic rings. The van der Waals surface area contributed by atoms with E-state index in [-0.39, 0.29) is 0 Å². The summed E-state index contributed by atoms with van der Waals surface area (Å²) in [6, 6.07) is 14.3. The summed E-state index contributed by atoms with van der Waals surface area (Å²) in [6.07, 6.45) is -0.498. The third kappa shape index (κ3) is 5.79. The van der Waals surface area contributed by atoms with Crippen LogP contribution < -0.4 is 9.47 Å². The number of rotatable bonds is 10. The number of hydrogen-bond donors (Lipinski definition) is 1. The van der Waals surface area contributed by atoms with Crippen molar-refractivity contribution in [2.75, 3.05) is 53.6 Å². The van der Waals surface area contributed by atoms with Gasteiger partial charge in [0, 0.05) is 44.0 Å². The topological polar surface area (TPSA) is 54.4 Å². The number of ether oxygens (including phenoxy) is 3. The van der Waals surface area contributed by atoms with Gasteiger partial charge < -0.3 is 19.3 Å². The number of piperazine rings is 1. The maximum atomic E-state index is 10.4. The number of benzene rings is 2. The molecule has 6 nitrogen and oxygen atoms in total. The van der Waals surface area contributed by atoms with Gasteiger partial charge in [0.2, 0.25) is 0 Å². The minimum Gasteiger partial charge on any atom is -0.493 e. The molecule has 0 amide bonds. The van der Waals surface area contributed by atoms with Crippen molar-refractivity contribution in [1.82, 2.24) is 9.80 Å². The van der Waals surface area contributed by atoms with E-state index in [0.717, 1.165) is 38.3 Å². The third-order valence-corrected chi connectivity index (χ3v) is 6.93. The van der Waals surface area contributed by atoms with E-state index in [1.807, 2.05) is 29.5 Å². The molecule has 0 bridgehead atoms. The van der Waals surface area contributed by atoms with Gasteiger partial charge in [-0.1, -0.05) is 24.3 Å². The Hall–Kier alpha value is -2.16. The lowest BCUT2D eigenvalue weighted by Gasteiger charge is -2.35. The minimum atomic E-state index is -0.498. The number of nitrogens with zero attached hydrogens (tertiary/aromatic N) is 2. The quantitative estimate of drug-likeness (QED) is 0.503. The van der Waals surface area contributed by atoms with Crippen molar-refractivity contribution < 1.29 is 19.3 Å². The standard InChI is InChI=1S/C25H32N2O4S/c1-29-23-8-7-19(13-24(23)30-2)16-31-17-21(28)15-27-11-9-26(10-12-27)14-20-18-32-25-6-4-3-5-22(20)25/h3-8,13,18,21,28H,9-12,14-17H2,1-2H3/t21-/m0/s1. The van der Waals surface area contributed by atoms with Crippen molar-refractivity contribution in [2.24, 2.45) is 0 Å². The fourth-order valence-electron chi connectivity index (χ4n) is 4.16. The maximum absolute atomic E-state index is 10.4. The number of fused-ring (bicyclic) bond motifs is 1. The zero-order chi connectivity index (χ0) is 22.3. The van der Waals surface area contributed by atoms with Crippen LogP contribution in [-0.4, -0.2) is 74.6 Å². The van der Waals surface area contributed by atoms with Gasteiger partial charge in [-0.2, -0.15) is 0 Å². The Morgan fingerprint density at radius 3 is 2.50 bits per heavy atom. The predicted molar refractivity (Wildman–Crippen MR) is 129 cm³/mol. The smallest absolute Gasteiger partial charge is 0.161 e. The van der Waals surface area contributed by atoms with Crippen molar-refractivity contribution in [1.29, 1.82) is 0 Å². The summed E-state index contributed by atoms with van der Waals surface area (Å²) in [5, 5.41) is 14.1. The first-order valence-corrected chi connectivity index (χ1v) is 11.9. The van der Waals surface area contributed by atoms with Crippen molar-refractivity contribution >= 4 is 21.4 Å². The van der Waals surface area contributed by atoms with Crippen molar-refractivity contribution in [3.05, 3.63) is 59.0 Å². The molecule has 4 rings (SSSR count). The van der Waals surface area contributed by atoms with Crippen LogP contribution in [-0.2, 0) is 17.9 Å². The number of aliphatic hydroxyl groups is 1. The van der Waals surface area contributed by atoms with E-state index < -0.39 is 6.10 Å². The van der Waals surface area contributed by atoms with Crippen LogP contribution in [0.5, 0.6) is 11.5 Å². The molecule has 2 aromatic carbocycles. The highest BCUT2D eigenvalue weighted by atomic mass is 32.1. The van der Waals surface area contributed by atoms with Crippen LogP contribution >= 0.6 is 11.3 Å². The van der Waals surface area contributed by atoms with Gasteiger partial charge >= 0.3 is 0 Å². The summed E-state index contributed by atoms with van der Waals surface area (Å²) < 4.78 is 17.7. The molecule has 2 heterocycles. The van der Waals surface area contributed by atoms with Gasteiger partial charge in [0.1, 0.15) is 0 Å². The normalized spacial score (nSPS) is 16.3. The summed E-state index contributed by atoms with van der Waals surface area (Å²) in [5.74, 6) is 1.38. The molecule has 0 saturated carbocycles. The summed E-state index contributed by atoms with van der Waals surface area (Å²) in [4.78, 5) is 4.83. The summed E-state index contributed by atoms with van der Waals surface area (Å²) in [6.45, 7) is 6.35. The molecule has 1 aliphatic heterocycles. The Balaban J connectivity index is 1.17. The van der Waals surface area contributed by atoms with Gasteiger partial charge in [-0.05, 0) is 40.1 Å². The average Bonchev–Trinajstić information content (AvgIpc) is 3.23. The summed E-state index contributed by atoms with van der Waals surface area (Å²) >= 11 is 1.82. The molecule has 1 aliphatic rings. The first-order valence-electron chi connectivity index (χ1n) is 11.0. The fraction of sp³-hybridized carbons (Fsp3) is 0.440. The minimum absolute atomic E-state index is 0.315. The highest BCUT2D eigenvalue weighted by Gasteiger charge is 2.20. The monoisotopic (exact) mass is 456 g/mol. The first kappa shape index (κ1) is 23.0. The predicted octanol–water partition coefficient (Wildman–Crippen LogP) is 3.61. The maximum Gasteiger partial charge on any atom is 0.161 e. The molecule has 1 atom stereocenters. The molecule has 1 N–H and O–H groups in total. The van der Waals surface area contributed by atoms with Crippen LogP contribution in [0.1, 0.15) is 11.1 Å². The second kappa shape index (κ2) is 11.1. The van der Waals surface area contributed by atoms with Gasteiger partial charge in [0.05, 0.1) is 33.5 Å². The first-order chi connectivity index (χ1) is 15.7. The van der Waals surface area contributed by atoms with E-state index in [1.165, 1.54) is 15.6 Å². The summed E-state index contributed by atoms with van der Waals surface area (Å²) in [7, 11) is 3.24. The number of thiophene rings is 1. The molecule has 1 fully saturated rings. The van der Waals surface area contributed by atoms with Crippen LogP contribution in [0.4, 0.5) is 0 Å². The number of hydrogen-bond acceptors (Lipinski definition) is 7. The highest BCUT2D eigenvalue weighted by molar-refractivity contribution is 7.17. The molecule has 0 spiro atoms. The summed E-state index contributed by atoms with van der Waals surface area (Å²) in [5.41, 5.74) is 2.41. The zero-order valence-corrected chi connectivity index (χ0v) is 19.6. The zero-order valence-electron chi connectivity index (χ0n) is 18.8. The van der Waals surface area contributed by atoms with Gasteiger partial charge in [-0.25, -0.2) is 0 Å². The molecular weight excluding hydrogens is 424 g/mol. The van der Waals surface area contributed by atoms with Crippen LogP contribution in [0.15, 0.2) is 47.8 Å². The molecule has 172 valence electrons. The van der Waals surface area contributed by atoms with Crippen LogP contribution in [0.3, 0.4) is 0 Å². The third-order valence-electron chi connectivity index (χ3n) is 5.92. The Bertz CT molecular complexity index is 1000. The van der Waals surface area contributed by atoms with Crippen LogP contribution in [0, 0.1) is 0 Å². The number of aliphatic hydroxyl groups excluding tert-OH is 1. The lowest BCUT2D eigenvalue weighted by atomic mass is 10.1. The molecule has 1 aromatic heterocycles. The SMILES string of the molecule is COc1ccc(COC[C@@H](O)CN2CCN(Cc3csc4ccccc34)CC2)cc1OC. The van der Waals surface area contributed by atoms with Crippen molar-refractivity contribution in [3.8, 4) is 11.5 Å². The second-order valence-corrected chi connectivity index (χ2v) is 9.10. The van der Waals surface area contributed by atoms with E-state index in [1.54, 1.807) is 14.2 Å². The van der Waals surface area contributed by atoms with Crippen LogP contribution in [0.2, 0.25) is 0 Å². The molecule has 0 unspecified atom stereocenters. The van der Waals surface area contributed by atoms with Crippen molar-refractivity contribution in [3.63, 3.8) is 0 Å². The van der Waals surface area contributed by atoms with Crippen molar-refractivity contribution in [2.45, 2.75) is 19.3 Å². The Labute approximate surface area is 193 Å². The van der Waals surface area contributed by atoms with Gasteiger partial charge in [0.25, 0.3) is 0 Å². The largest absolute Gasteiger partial charge is 0.493 e. The molecule has 0 radical (unpaired) electrons.